The highest BCUT2D eigenvalue weighted by Gasteiger charge is 2.11. The Hall–Kier alpha value is -1.71. The number of rotatable bonds is 5. The summed E-state index contributed by atoms with van der Waals surface area (Å²) >= 11 is 0. The van der Waals surface area contributed by atoms with Gasteiger partial charge in [-0.2, -0.15) is 0 Å². The summed E-state index contributed by atoms with van der Waals surface area (Å²) in [4.78, 5) is 13.4. The van der Waals surface area contributed by atoms with Crippen molar-refractivity contribution in [3.05, 3.63) is 23.8 Å². The normalized spacial score (nSPS) is 12.3. The molecule has 4 heteroatoms. The average Bonchev–Trinajstić information content (AvgIpc) is 2.29. The molecule has 1 aromatic rings. The Morgan fingerprint density at radius 3 is 2.42 bits per heavy atom. The Kier molecular flexibility index (Phi) is 5.21. The molecule has 1 amide bonds. The van der Waals surface area contributed by atoms with Gasteiger partial charge in [-0.3, -0.25) is 4.79 Å². The molecule has 0 aromatic heterocycles. The van der Waals surface area contributed by atoms with E-state index in [0.717, 1.165) is 12.1 Å². The first-order valence-electron chi connectivity index (χ1n) is 6.69. The second-order valence-corrected chi connectivity index (χ2v) is 5.68. The van der Waals surface area contributed by atoms with Crippen LogP contribution < -0.4 is 11.1 Å². The second kappa shape index (κ2) is 6.45. The fourth-order valence-electron chi connectivity index (χ4n) is 2.12. The van der Waals surface area contributed by atoms with Crippen molar-refractivity contribution in [1.29, 1.82) is 0 Å². The van der Waals surface area contributed by atoms with Crippen LogP contribution in [-0.4, -0.2) is 30.9 Å². The lowest BCUT2D eigenvalue weighted by Gasteiger charge is -2.19. The topological polar surface area (TPSA) is 58.4 Å². The van der Waals surface area contributed by atoms with Crippen LogP contribution in [0.4, 0.5) is 11.4 Å². The molecule has 0 aliphatic heterocycles. The number of nitrogens with zero attached hydrogens (tertiary/aromatic N) is 1. The molecule has 19 heavy (non-hydrogen) atoms. The Labute approximate surface area is 116 Å². The van der Waals surface area contributed by atoms with E-state index in [1.54, 1.807) is 25.1 Å². The van der Waals surface area contributed by atoms with Gasteiger partial charge in [0.25, 0.3) is 5.91 Å². The van der Waals surface area contributed by atoms with Gasteiger partial charge in [0, 0.05) is 25.7 Å². The number of nitrogens with two attached hydrogens (primary N) is 1. The van der Waals surface area contributed by atoms with Crippen molar-refractivity contribution in [3.63, 3.8) is 0 Å². The van der Waals surface area contributed by atoms with Crippen LogP contribution in [0.15, 0.2) is 18.2 Å². The second-order valence-electron chi connectivity index (χ2n) is 5.68. The third kappa shape index (κ3) is 4.47. The zero-order valence-electron chi connectivity index (χ0n) is 12.5. The van der Waals surface area contributed by atoms with Crippen molar-refractivity contribution in [2.24, 2.45) is 5.92 Å². The van der Waals surface area contributed by atoms with Crippen LogP contribution in [0.2, 0.25) is 0 Å². The lowest BCUT2D eigenvalue weighted by molar-refractivity contribution is 0.0827. The molecule has 1 unspecified atom stereocenters. The first kappa shape index (κ1) is 15.3. The fourth-order valence-corrected chi connectivity index (χ4v) is 2.12. The van der Waals surface area contributed by atoms with Gasteiger partial charge in [-0.05, 0) is 37.5 Å². The zero-order valence-corrected chi connectivity index (χ0v) is 12.5. The summed E-state index contributed by atoms with van der Waals surface area (Å²) in [6, 6.07) is 5.77. The summed E-state index contributed by atoms with van der Waals surface area (Å²) in [6.07, 6.45) is 1.08. The molecule has 3 N–H and O–H groups in total. The highest BCUT2D eigenvalue weighted by Crippen LogP contribution is 2.22. The molecule has 0 spiro atoms. The molecule has 0 heterocycles. The maximum absolute atomic E-state index is 11.8. The molecule has 4 nitrogen and oxygen atoms in total. The number of benzene rings is 1. The lowest BCUT2D eigenvalue weighted by atomic mass is 10.0. The van der Waals surface area contributed by atoms with E-state index in [9.17, 15) is 4.79 Å². The van der Waals surface area contributed by atoms with Crippen LogP contribution >= 0.6 is 0 Å². The van der Waals surface area contributed by atoms with Crippen LogP contribution in [0.5, 0.6) is 0 Å². The van der Waals surface area contributed by atoms with Gasteiger partial charge < -0.3 is 16.0 Å². The molecule has 0 aliphatic carbocycles. The van der Waals surface area contributed by atoms with Crippen LogP contribution in [0.3, 0.4) is 0 Å². The number of carbonyl (C=O) groups excluding carboxylic acids is 1. The first-order chi connectivity index (χ1) is 8.81. The van der Waals surface area contributed by atoms with Crippen molar-refractivity contribution < 1.29 is 4.79 Å². The highest BCUT2D eigenvalue weighted by molar-refractivity contribution is 5.95. The van der Waals surface area contributed by atoms with Gasteiger partial charge in [0.15, 0.2) is 0 Å². The number of hydrogen-bond acceptors (Lipinski definition) is 3. The maximum Gasteiger partial charge on any atom is 0.253 e. The number of amides is 1. The highest BCUT2D eigenvalue weighted by atomic mass is 16.2. The Morgan fingerprint density at radius 1 is 1.32 bits per heavy atom. The molecule has 0 bridgehead atoms. The van der Waals surface area contributed by atoms with Crippen LogP contribution in [-0.2, 0) is 0 Å². The van der Waals surface area contributed by atoms with E-state index in [4.69, 9.17) is 5.73 Å². The minimum Gasteiger partial charge on any atom is -0.397 e. The fraction of sp³-hybridized carbons (Fsp3) is 0.533. The third-order valence-corrected chi connectivity index (χ3v) is 2.93. The third-order valence-electron chi connectivity index (χ3n) is 2.93. The molecule has 0 saturated carbocycles. The summed E-state index contributed by atoms with van der Waals surface area (Å²) in [6.45, 7) is 6.53. The summed E-state index contributed by atoms with van der Waals surface area (Å²) in [7, 11) is 3.46. The molecule has 1 rings (SSSR count). The molecule has 0 radical (unpaired) electrons. The van der Waals surface area contributed by atoms with Gasteiger partial charge in [-0.15, -0.1) is 0 Å². The average molecular weight is 263 g/mol. The van der Waals surface area contributed by atoms with E-state index < -0.39 is 0 Å². The number of hydrogen-bond donors (Lipinski definition) is 2. The minimum atomic E-state index is -0.0338. The van der Waals surface area contributed by atoms with Gasteiger partial charge >= 0.3 is 0 Å². The number of carbonyl (C=O) groups is 1. The van der Waals surface area contributed by atoms with Crippen LogP contribution in [0.25, 0.3) is 0 Å². The minimum absolute atomic E-state index is 0.0338. The number of nitrogens with one attached hydrogen (secondary N) is 1. The van der Waals surface area contributed by atoms with Crippen LogP contribution in [0, 0.1) is 5.92 Å². The van der Waals surface area contributed by atoms with Gasteiger partial charge in [-0.25, -0.2) is 0 Å². The molecular formula is C15H25N3O. The monoisotopic (exact) mass is 263 g/mol. The largest absolute Gasteiger partial charge is 0.397 e. The predicted octanol–water partition coefficient (Wildman–Crippen LogP) is 2.82. The van der Waals surface area contributed by atoms with E-state index in [1.165, 1.54) is 0 Å². The molecular weight excluding hydrogens is 238 g/mol. The molecule has 106 valence electrons. The molecule has 0 aliphatic rings. The molecule has 0 saturated heterocycles. The van der Waals surface area contributed by atoms with Crippen LogP contribution in [0.1, 0.15) is 37.6 Å². The summed E-state index contributed by atoms with van der Waals surface area (Å²) in [5.74, 6) is 0.604. The SMILES string of the molecule is CC(C)CC(C)Nc1ccc(C(=O)N(C)C)cc1N. The van der Waals surface area contributed by atoms with Crippen molar-refractivity contribution in [2.45, 2.75) is 33.2 Å². The van der Waals surface area contributed by atoms with E-state index >= 15 is 0 Å². The van der Waals surface area contributed by atoms with Crippen molar-refractivity contribution in [3.8, 4) is 0 Å². The van der Waals surface area contributed by atoms with Gasteiger partial charge in [0.2, 0.25) is 0 Å². The predicted molar refractivity (Wildman–Crippen MR) is 81.4 cm³/mol. The molecule has 0 fully saturated rings. The van der Waals surface area contributed by atoms with E-state index in [1.807, 2.05) is 12.1 Å². The van der Waals surface area contributed by atoms with Gasteiger partial charge in [-0.1, -0.05) is 13.8 Å². The maximum atomic E-state index is 11.8. The van der Waals surface area contributed by atoms with E-state index in [-0.39, 0.29) is 5.91 Å². The zero-order chi connectivity index (χ0) is 14.6. The summed E-state index contributed by atoms with van der Waals surface area (Å²) < 4.78 is 0. The quantitative estimate of drug-likeness (QED) is 0.803. The Morgan fingerprint density at radius 2 is 1.95 bits per heavy atom. The van der Waals surface area contributed by atoms with E-state index in [2.05, 4.69) is 26.1 Å². The smallest absolute Gasteiger partial charge is 0.253 e. The van der Waals surface area contributed by atoms with Crippen molar-refractivity contribution in [2.75, 3.05) is 25.1 Å². The Bertz CT molecular complexity index is 441. The number of nitrogen functional groups attached to an aromatic ring is 1. The summed E-state index contributed by atoms with van der Waals surface area (Å²) in [5.41, 5.74) is 8.13. The van der Waals surface area contributed by atoms with Crippen molar-refractivity contribution >= 4 is 17.3 Å². The summed E-state index contributed by atoms with van der Waals surface area (Å²) in [5, 5.41) is 3.39. The standard InChI is InChI=1S/C15H25N3O/c1-10(2)8-11(3)17-14-7-6-12(9-13(14)16)15(19)18(4)5/h6-7,9-11,17H,8,16H2,1-5H3. The lowest BCUT2D eigenvalue weighted by Crippen LogP contribution is -2.22. The Balaban J connectivity index is 2.80. The molecule has 1 atom stereocenters. The van der Waals surface area contributed by atoms with E-state index in [0.29, 0.717) is 23.2 Å². The first-order valence-corrected chi connectivity index (χ1v) is 6.69. The van der Waals surface area contributed by atoms with Gasteiger partial charge in [0.1, 0.15) is 0 Å². The van der Waals surface area contributed by atoms with Gasteiger partial charge in [0.05, 0.1) is 11.4 Å². The molecule has 1 aromatic carbocycles. The number of anilines is 2. The van der Waals surface area contributed by atoms with Crippen molar-refractivity contribution in [1.82, 2.24) is 4.90 Å².